The fourth-order valence-corrected chi connectivity index (χ4v) is 1.85. The van der Waals surface area contributed by atoms with E-state index in [1.807, 2.05) is 12.1 Å². The first-order valence-electron chi connectivity index (χ1n) is 4.32. The lowest BCUT2D eigenvalue weighted by atomic mass is 10.2. The highest BCUT2D eigenvalue weighted by molar-refractivity contribution is 9.10. The average Bonchev–Trinajstić information content (AvgIpc) is 2.19. The Labute approximate surface area is 95.5 Å². The van der Waals surface area contributed by atoms with Gasteiger partial charge in [-0.3, -0.25) is 4.98 Å². The molecular weight excluding hydrogens is 263 g/mol. The number of halogens is 2. The Balaban J connectivity index is 2.81. The molecule has 2 nitrogen and oxygen atoms in total. The summed E-state index contributed by atoms with van der Waals surface area (Å²) in [4.78, 5) is 8.55. The predicted octanol–water partition coefficient (Wildman–Crippen LogP) is 3.61. The largest absolute Gasteiger partial charge is 0.261 e. The molecule has 0 aliphatic heterocycles. The Hall–Kier alpha value is -0.670. The maximum absolute atomic E-state index is 5.90. The lowest BCUT2D eigenvalue weighted by molar-refractivity contribution is 1.05. The molecular formula is C10H8BrClN2. The molecule has 0 saturated heterocycles. The third kappa shape index (κ3) is 1.62. The van der Waals surface area contributed by atoms with Crippen LogP contribution in [0.3, 0.4) is 0 Å². The second-order valence-corrected chi connectivity index (χ2v) is 4.15. The highest BCUT2D eigenvalue weighted by Crippen LogP contribution is 2.26. The molecule has 0 amide bonds. The van der Waals surface area contributed by atoms with Crippen molar-refractivity contribution in [2.45, 2.75) is 13.3 Å². The van der Waals surface area contributed by atoms with Crippen molar-refractivity contribution in [1.29, 1.82) is 0 Å². The van der Waals surface area contributed by atoms with Crippen molar-refractivity contribution < 1.29 is 0 Å². The minimum Gasteiger partial charge on any atom is -0.261 e. The normalized spacial score (nSPS) is 10.8. The Kier molecular flexibility index (Phi) is 2.70. The molecule has 2 aromatic heterocycles. The van der Waals surface area contributed by atoms with Gasteiger partial charge >= 0.3 is 0 Å². The van der Waals surface area contributed by atoms with Crippen LogP contribution in [0.5, 0.6) is 0 Å². The first-order chi connectivity index (χ1) is 6.72. The van der Waals surface area contributed by atoms with Gasteiger partial charge in [0.1, 0.15) is 5.15 Å². The molecule has 4 heteroatoms. The number of nitrogens with zero attached hydrogens (tertiary/aromatic N) is 2. The first-order valence-corrected chi connectivity index (χ1v) is 5.49. The molecule has 0 saturated carbocycles. The zero-order valence-electron chi connectivity index (χ0n) is 7.59. The van der Waals surface area contributed by atoms with Gasteiger partial charge in [-0.15, -0.1) is 0 Å². The van der Waals surface area contributed by atoms with Crippen LogP contribution in [0.25, 0.3) is 10.9 Å². The molecule has 0 aliphatic rings. The van der Waals surface area contributed by atoms with Crippen molar-refractivity contribution in [3.8, 4) is 0 Å². The number of fused-ring (bicyclic) bond motifs is 1. The van der Waals surface area contributed by atoms with E-state index in [0.717, 1.165) is 27.5 Å². The lowest BCUT2D eigenvalue weighted by Gasteiger charge is -2.03. The van der Waals surface area contributed by atoms with Crippen molar-refractivity contribution in [2.75, 3.05) is 0 Å². The van der Waals surface area contributed by atoms with E-state index < -0.39 is 0 Å². The molecule has 0 atom stereocenters. The maximum Gasteiger partial charge on any atom is 0.143 e. The number of hydrogen-bond acceptors (Lipinski definition) is 2. The molecule has 0 radical (unpaired) electrons. The third-order valence-corrected chi connectivity index (χ3v) is 3.19. The zero-order valence-corrected chi connectivity index (χ0v) is 9.93. The molecule has 2 aromatic rings. The van der Waals surface area contributed by atoms with Gasteiger partial charge < -0.3 is 0 Å². The fraction of sp³-hybridized carbons (Fsp3) is 0.200. The number of hydrogen-bond donors (Lipinski definition) is 0. The smallest absolute Gasteiger partial charge is 0.143 e. The summed E-state index contributed by atoms with van der Waals surface area (Å²) in [6.45, 7) is 2.07. The van der Waals surface area contributed by atoms with Crippen molar-refractivity contribution in [3.63, 3.8) is 0 Å². The first kappa shape index (κ1) is 9.87. The van der Waals surface area contributed by atoms with Crippen LogP contribution in [0.2, 0.25) is 5.15 Å². The Bertz CT molecular complexity index is 485. The molecule has 0 aromatic carbocycles. The second kappa shape index (κ2) is 3.83. The minimum absolute atomic E-state index is 0.491. The minimum atomic E-state index is 0.491. The lowest BCUT2D eigenvalue weighted by Crippen LogP contribution is -1.91. The SMILES string of the molecule is CCc1nccc2nc(Cl)c(Br)cc12. The molecule has 0 spiro atoms. The Morgan fingerprint density at radius 2 is 2.29 bits per heavy atom. The standard InChI is InChI=1S/C10H8BrClN2/c1-2-8-6-5-7(11)10(12)14-9(6)3-4-13-8/h3-5H,2H2,1H3. The van der Waals surface area contributed by atoms with E-state index >= 15 is 0 Å². The number of aryl methyl sites for hydroxylation is 1. The average molecular weight is 272 g/mol. The maximum atomic E-state index is 5.90. The highest BCUT2D eigenvalue weighted by atomic mass is 79.9. The summed E-state index contributed by atoms with van der Waals surface area (Å²) in [6, 6.07) is 3.84. The van der Waals surface area contributed by atoms with E-state index in [-0.39, 0.29) is 0 Å². The van der Waals surface area contributed by atoms with E-state index in [4.69, 9.17) is 11.6 Å². The Morgan fingerprint density at radius 1 is 1.50 bits per heavy atom. The highest BCUT2D eigenvalue weighted by Gasteiger charge is 2.05. The van der Waals surface area contributed by atoms with Crippen molar-refractivity contribution in [1.82, 2.24) is 9.97 Å². The van der Waals surface area contributed by atoms with Crippen LogP contribution < -0.4 is 0 Å². The molecule has 0 aliphatic carbocycles. The number of pyridine rings is 2. The second-order valence-electron chi connectivity index (χ2n) is 2.94. The molecule has 72 valence electrons. The number of aromatic nitrogens is 2. The van der Waals surface area contributed by atoms with E-state index in [1.54, 1.807) is 6.20 Å². The van der Waals surface area contributed by atoms with Crippen molar-refractivity contribution >= 4 is 38.4 Å². The summed E-state index contributed by atoms with van der Waals surface area (Å²) in [6.07, 6.45) is 2.66. The summed E-state index contributed by atoms with van der Waals surface area (Å²) < 4.78 is 0.814. The summed E-state index contributed by atoms with van der Waals surface area (Å²) in [7, 11) is 0. The zero-order chi connectivity index (χ0) is 10.1. The van der Waals surface area contributed by atoms with Crippen molar-refractivity contribution in [2.24, 2.45) is 0 Å². The van der Waals surface area contributed by atoms with Crippen LogP contribution >= 0.6 is 27.5 Å². The topological polar surface area (TPSA) is 25.8 Å². The van der Waals surface area contributed by atoms with E-state index in [0.29, 0.717) is 5.15 Å². The molecule has 0 fully saturated rings. The van der Waals surface area contributed by atoms with Gasteiger partial charge in [0.15, 0.2) is 0 Å². The Morgan fingerprint density at radius 3 is 3.00 bits per heavy atom. The van der Waals surface area contributed by atoms with Gasteiger partial charge in [-0.05, 0) is 34.5 Å². The van der Waals surface area contributed by atoms with Gasteiger partial charge in [-0.1, -0.05) is 18.5 Å². The molecule has 2 heterocycles. The third-order valence-electron chi connectivity index (χ3n) is 2.07. The summed E-state index contributed by atoms with van der Waals surface area (Å²) in [5.74, 6) is 0. The van der Waals surface area contributed by atoms with Gasteiger partial charge in [-0.25, -0.2) is 4.98 Å². The van der Waals surface area contributed by atoms with Crippen LogP contribution in [-0.4, -0.2) is 9.97 Å². The summed E-state index contributed by atoms with van der Waals surface area (Å²) >= 11 is 9.26. The summed E-state index contributed by atoms with van der Waals surface area (Å²) in [5, 5.41) is 1.55. The monoisotopic (exact) mass is 270 g/mol. The van der Waals surface area contributed by atoms with Gasteiger partial charge in [0.25, 0.3) is 0 Å². The fourth-order valence-electron chi connectivity index (χ4n) is 1.39. The number of rotatable bonds is 1. The van der Waals surface area contributed by atoms with E-state index in [1.165, 1.54) is 0 Å². The van der Waals surface area contributed by atoms with E-state index in [9.17, 15) is 0 Å². The quantitative estimate of drug-likeness (QED) is 0.741. The van der Waals surface area contributed by atoms with Gasteiger partial charge in [0.2, 0.25) is 0 Å². The van der Waals surface area contributed by atoms with Crippen molar-refractivity contribution in [3.05, 3.63) is 33.6 Å². The van der Waals surface area contributed by atoms with Gasteiger partial charge in [0.05, 0.1) is 9.99 Å². The van der Waals surface area contributed by atoms with E-state index in [2.05, 4.69) is 32.8 Å². The van der Waals surface area contributed by atoms with Crippen LogP contribution in [0.4, 0.5) is 0 Å². The molecule has 0 bridgehead atoms. The molecule has 14 heavy (non-hydrogen) atoms. The molecule has 2 rings (SSSR count). The van der Waals surface area contributed by atoms with Gasteiger partial charge in [-0.2, -0.15) is 0 Å². The molecule has 0 N–H and O–H groups in total. The summed E-state index contributed by atoms with van der Waals surface area (Å²) in [5.41, 5.74) is 1.94. The molecule has 0 unspecified atom stereocenters. The van der Waals surface area contributed by atoms with Crippen LogP contribution in [0.15, 0.2) is 22.8 Å². The van der Waals surface area contributed by atoms with Crippen LogP contribution in [0.1, 0.15) is 12.6 Å². The van der Waals surface area contributed by atoms with Crippen LogP contribution in [-0.2, 0) is 6.42 Å². The van der Waals surface area contributed by atoms with Gasteiger partial charge in [0, 0.05) is 17.3 Å². The predicted molar refractivity (Wildman–Crippen MR) is 61.6 cm³/mol. The van der Waals surface area contributed by atoms with Crippen LogP contribution in [0, 0.1) is 0 Å².